The molecule has 0 aliphatic carbocycles. The van der Waals surface area contributed by atoms with E-state index in [4.69, 9.17) is 16.9 Å². The Balaban J connectivity index is 2.14. The van der Waals surface area contributed by atoms with Gasteiger partial charge >= 0.3 is 0 Å². The Morgan fingerprint density at radius 1 is 1.44 bits per heavy atom. The van der Waals surface area contributed by atoms with Gasteiger partial charge in [-0.3, -0.25) is 0 Å². The summed E-state index contributed by atoms with van der Waals surface area (Å²) >= 11 is 6.00. The van der Waals surface area contributed by atoms with Gasteiger partial charge in [-0.2, -0.15) is 5.26 Å². The van der Waals surface area contributed by atoms with Gasteiger partial charge in [0.05, 0.1) is 17.4 Å². The standard InChI is InChI=1S/C14H17ClN2O/c1-10(18)11-4-6-17(7-5-11)14-8-13(15)3-2-12(14)9-16/h2-3,8,10-11,18H,4-7H2,1H3. The lowest BCUT2D eigenvalue weighted by Gasteiger charge is -2.35. The van der Waals surface area contributed by atoms with Crippen LogP contribution in [-0.4, -0.2) is 24.3 Å². The van der Waals surface area contributed by atoms with Crippen molar-refractivity contribution in [2.45, 2.75) is 25.9 Å². The smallest absolute Gasteiger partial charge is 0.101 e. The molecule has 4 heteroatoms. The number of nitrogens with zero attached hydrogens (tertiary/aromatic N) is 2. The first-order valence-corrected chi connectivity index (χ1v) is 6.62. The normalized spacial score (nSPS) is 18.4. The van der Waals surface area contributed by atoms with E-state index < -0.39 is 0 Å². The van der Waals surface area contributed by atoms with E-state index >= 15 is 0 Å². The molecule has 0 radical (unpaired) electrons. The topological polar surface area (TPSA) is 47.3 Å². The van der Waals surface area contributed by atoms with Crippen LogP contribution in [0.2, 0.25) is 5.02 Å². The van der Waals surface area contributed by atoms with Crippen LogP contribution in [0.1, 0.15) is 25.3 Å². The second-order valence-electron chi connectivity index (χ2n) is 4.84. The number of hydrogen-bond donors (Lipinski definition) is 1. The van der Waals surface area contributed by atoms with E-state index in [9.17, 15) is 5.11 Å². The molecule has 1 unspecified atom stereocenters. The summed E-state index contributed by atoms with van der Waals surface area (Å²) in [5, 5.41) is 19.4. The Morgan fingerprint density at radius 3 is 2.67 bits per heavy atom. The van der Waals surface area contributed by atoms with E-state index in [2.05, 4.69) is 11.0 Å². The molecule has 1 N–H and O–H groups in total. The molecule has 1 aliphatic heterocycles. The van der Waals surface area contributed by atoms with E-state index in [1.807, 2.05) is 13.0 Å². The highest BCUT2D eigenvalue weighted by Crippen LogP contribution is 2.29. The van der Waals surface area contributed by atoms with E-state index in [0.717, 1.165) is 31.6 Å². The van der Waals surface area contributed by atoms with E-state index in [1.165, 1.54) is 0 Å². The molecule has 1 fully saturated rings. The van der Waals surface area contributed by atoms with Gasteiger partial charge in [-0.25, -0.2) is 0 Å². The van der Waals surface area contributed by atoms with Crippen molar-refractivity contribution in [3.63, 3.8) is 0 Å². The Bertz CT molecular complexity index is 459. The first-order chi connectivity index (χ1) is 8.61. The van der Waals surface area contributed by atoms with Gasteiger partial charge in [-0.15, -0.1) is 0 Å². The van der Waals surface area contributed by atoms with Crippen molar-refractivity contribution in [1.29, 1.82) is 5.26 Å². The van der Waals surface area contributed by atoms with Crippen molar-refractivity contribution < 1.29 is 5.11 Å². The summed E-state index contributed by atoms with van der Waals surface area (Å²) in [4.78, 5) is 2.18. The quantitative estimate of drug-likeness (QED) is 0.894. The Kier molecular flexibility index (Phi) is 4.11. The lowest BCUT2D eigenvalue weighted by atomic mass is 9.91. The predicted molar refractivity (Wildman–Crippen MR) is 72.8 cm³/mol. The molecule has 1 atom stereocenters. The summed E-state index contributed by atoms with van der Waals surface area (Å²) in [5.41, 5.74) is 1.57. The fraction of sp³-hybridized carbons (Fsp3) is 0.500. The van der Waals surface area contributed by atoms with Gasteiger partial charge in [-0.1, -0.05) is 11.6 Å². The minimum absolute atomic E-state index is 0.248. The van der Waals surface area contributed by atoms with Crippen LogP contribution < -0.4 is 4.90 Å². The second kappa shape index (κ2) is 5.60. The fourth-order valence-corrected chi connectivity index (χ4v) is 2.65. The number of rotatable bonds is 2. The van der Waals surface area contributed by atoms with Crippen LogP contribution in [0.5, 0.6) is 0 Å². The maximum atomic E-state index is 9.59. The van der Waals surface area contributed by atoms with Crippen LogP contribution in [-0.2, 0) is 0 Å². The molecular formula is C14H17ClN2O. The summed E-state index contributed by atoms with van der Waals surface area (Å²) in [6, 6.07) is 7.56. The molecular weight excluding hydrogens is 248 g/mol. The predicted octanol–water partition coefficient (Wildman–Crippen LogP) is 2.81. The number of benzene rings is 1. The zero-order valence-electron chi connectivity index (χ0n) is 10.4. The van der Waals surface area contributed by atoms with Gasteiger partial charge in [0.1, 0.15) is 6.07 Å². The molecule has 3 nitrogen and oxygen atoms in total. The highest BCUT2D eigenvalue weighted by atomic mass is 35.5. The number of nitriles is 1. The van der Waals surface area contributed by atoms with Gasteiger partial charge in [0.15, 0.2) is 0 Å². The van der Waals surface area contributed by atoms with Crippen molar-refractivity contribution >= 4 is 17.3 Å². The average Bonchev–Trinajstić information content (AvgIpc) is 2.39. The van der Waals surface area contributed by atoms with Gasteiger partial charge in [-0.05, 0) is 43.9 Å². The molecule has 0 aromatic heterocycles. The van der Waals surface area contributed by atoms with E-state index in [1.54, 1.807) is 12.1 Å². The molecule has 1 aliphatic rings. The SMILES string of the molecule is CC(O)C1CCN(c2cc(Cl)ccc2C#N)CC1. The summed E-state index contributed by atoms with van der Waals surface area (Å²) in [6.45, 7) is 3.58. The maximum absolute atomic E-state index is 9.59. The van der Waals surface area contributed by atoms with Crippen molar-refractivity contribution in [2.75, 3.05) is 18.0 Å². The van der Waals surface area contributed by atoms with Gasteiger partial charge < -0.3 is 10.0 Å². The number of piperidine rings is 1. The Labute approximate surface area is 113 Å². The first-order valence-electron chi connectivity index (χ1n) is 6.24. The number of aliphatic hydroxyl groups excluding tert-OH is 1. The second-order valence-corrected chi connectivity index (χ2v) is 5.27. The van der Waals surface area contributed by atoms with Gasteiger partial charge in [0.25, 0.3) is 0 Å². The average molecular weight is 265 g/mol. The monoisotopic (exact) mass is 264 g/mol. The van der Waals surface area contributed by atoms with Crippen LogP contribution >= 0.6 is 11.6 Å². The summed E-state index contributed by atoms with van der Waals surface area (Å²) in [5.74, 6) is 0.367. The van der Waals surface area contributed by atoms with E-state index in [0.29, 0.717) is 16.5 Å². The molecule has 0 saturated carbocycles. The minimum atomic E-state index is -0.248. The number of hydrogen-bond acceptors (Lipinski definition) is 3. The van der Waals surface area contributed by atoms with Crippen molar-refractivity contribution in [3.8, 4) is 6.07 Å². The molecule has 0 spiro atoms. The van der Waals surface area contributed by atoms with Crippen molar-refractivity contribution in [2.24, 2.45) is 5.92 Å². The Morgan fingerprint density at radius 2 is 2.11 bits per heavy atom. The van der Waals surface area contributed by atoms with Crippen LogP contribution in [0.15, 0.2) is 18.2 Å². The summed E-state index contributed by atoms with van der Waals surface area (Å²) < 4.78 is 0. The third kappa shape index (κ3) is 2.77. The van der Waals surface area contributed by atoms with Gasteiger partial charge in [0.2, 0.25) is 0 Å². The van der Waals surface area contributed by atoms with Crippen LogP contribution in [0.25, 0.3) is 0 Å². The third-order valence-electron chi connectivity index (χ3n) is 3.64. The third-order valence-corrected chi connectivity index (χ3v) is 3.88. The van der Waals surface area contributed by atoms with Crippen molar-refractivity contribution in [1.82, 2.24) is 0 Å². The number of aliphatic hydroxyl groups is 1. The molecule has 1 aromatic rings. The van der Waals surface area contributed by atoms with Crippen LogP contribution in [0.3, 0.4) is 0 Å². The molecule has 0 amide bonds. The molecule has 1 aromatic carbocycles. The first kappa shape index (κ1) is 13.2. The zero-order valence-corrected chi connectivity index (χ0v) is 11.2. The molecule has 1 saturated heterocycles. The summed E-state index contributed by atoms with van der Waals surface area (Å²) in [7, 11) is 0. The van der Waals surface area contributed by atoms with Crippen LogP contribution in [0, 0.1) is 17.2 Å². The van der Waals surface area contributed by atoms with Crippen molar-refractivity contribution in [3.05, 3.63) is 28.8 Å². The largest absolute Gasteiger partial charge is 0.393 e. The lowest BCUT2D eigenvalue weighted by Crippen LogP contribution is -2.37. The molecule has 96 valence electrons. The fourth-order valence-electron chi connectivity index (χ4n) is 2.48. The minimum Gasteiger partial charge on any atom is -0.393 e. The Hall–Kier alpha value is -1.24. The summed E-state index contributed by atoms with van der Waals surface area (Å²) in [6.07, 6.45) is 1.66. The zero-order chi connectivity index (χ0) is 13.1. The van der Waals surface area contributed by atoms with E-state index in [-0.39, 0.29) is 6.10 Å². The molecule has 18 heavy (non-hydrogen) atoms. The molecule has 1 heterocycles. The molecule has 0 bridgehead atoms. The number of anilines is 1. The molecule has 2 rings (SSSR count). The number of halogens is 1. The van der Waals surface area contributed by atoms with Crippen LogP contribution in [0.4, 0.5) is 5.69 Å². The highest BCUT2D eigenvalue weighted by molar-refractivity contribution is 6.30. The highest BCUT2D eigenvalue weighted by Gasteiger charge is 2.24. The van der Waals surface area contributed by atoms with Gasteiger partial charge in [0, 0.05) is 18.1 Å². The lowest BCUT2D eigenvalue weighted by molar-refractivity contribution is 0.110. The maximum Gasteiger partial charge on any atom is 0.101 e.